The van der Waals surface area contributed by atoms with E-state index in [0.717, 1.165) is 11.3 Å². The number of hydrogen-bond acceptors (Lipinski definition) is 5. The van der Waals surface area contributed by atoms with Gasteiger partial charge in [0.05, 0.1) is 18.1 Å². The van der Waals surface area contributed by atoms with Crippen LogP contribution in [0.5, 0.6) is 5.75 Å². The number of carbonyl (C=O) groups is 2. The van der Waals surface area contributed by atoms with Crippen LogP contribution in [-0.2, 0) is 20.9 Å². The topological polar surface area (TPSA) is 64.6 Å². The quantitative estimate of drug-likeness (QED) is 0.731. The number of thioether (sulfide) groups is 1. The van der Waals surface area contributed by atoms with Gasteiger partial charge >= 0.3 is 5.97 Å². The van der Waals surface area contributed by atoms with Gasteiger partial charge in [-0.3, -0.25) is 9.59 Å². The molecule has 6 heteroatoms. The summed E-state index contributed by atoms with van der Waals surface area (Å²) in [6, 6.07) is 17.1. The summed E-state index contributed by atoms with van der Waals surface area (Å²) in [7, 11) is 1.33. The van der Waals surface area contributed by atoms with E-state index in [2.05, 4.69) is 10.1 Å². The zero-order valence-corrected chi connectivity index (χ0v) is 15.0. The summed E-state index contributed by atoms with van der Waals surface area (Å²) in [5.74, 6) is 0.378. The average Bonchev–Trinajstić information content (AvgIpc) is 2.66. The maximum absolute atomic E-state index is 12.1. The highest BCUT2D eigenvalue weighted by molar-refractivity contribution is 8.01. The molecule has 0 aliphatic rings. The fraction of sp³-hybridized carbons (Fsp3) is 0.263. The second kappa shape index (κ2) is 9.74. The van der Waals surface area contributed by atoms with Crippen LogP contribution in [-0.4, -0.2) is 30.0 Å². The van der Waals surface area contributed by atoms with Crippen LogP contribution in [0.2, 0.25) is 0 Å². The van der Waals surface area contributed by atoms with Crippen LogP contribution in [0.25, 0.3) is 0 Å². The van der Waals surface area contributed by atoms with Crippen molar-refractivity contribution < 1.29 is 19.1 Å². The highest BCUT2D eigenvalue weighted by Crippen LogP contribution is 2.19. The summed E-state index contributed by atoms with van der Waals surface area (Å²) in [4.78, 5) is 23.2. The summed E-state index contributed by atoms with van der Waals surface area (Å²) in [6.45, 7) is 2.24. The molecule has 1 unspecified atom stereocenters. The lowest BCUT2D eigenvalue weighted by atomic mass is 10.2. The van der Waals surface area contributed by atoms with Crippen molar-refractivity contribution in [2.75, 3.05) is 18.2 Å². The van der Waals surface area contributed by atoms with Crippen molar-refractivity contribution in [2.24, 2.45) is 0 Å². The van der Waals surface area contributed by atoms with Crippen LogP contribution in [0, 0.1) is 0 Å². The van der Waals surface area contributed by atoms with E-state index >= 15 is 0 Å². The van der Waals surface area contributed by atoms with Gasteiger partial charge in [0.2, 0.25) is 5.91 Å². The van der Waals surface area contributed by atoms with Gasteiger partial charge in [-0.05, 0) is 36.8 Å². The first-order valence-corrected chi connectivity index (χ1v) is 8.89. The van der Waals surface area contributed by atoms with Crippen LogP contribution >= 0.6 is 11.8 Å². The van der Waals surface area contributed by atoms with E-state index in [1.54, 1.807) is 19.1 Å². The molecule has 5 nitrogen and oxygen atoms in total. The average molecular weight is 359 g/mol. The zero-order chi connectivity index (χ0) is 18.1. The van der Waals surface area contributed by atoms with Crippen LogP contribution < -0.4 is 10.1 Å². The molecule has 0 aliphatic carbocycles. The molecule has 0 aromatic heterocycles. The Morgan fingerprint density at radius 1 is 1.08 bits per heavy atom. The number of benzene rings is 2. The van der Waals surface area contributed by atoms with Gasteiger partial charge in [-0.15, -0.1) is 11.8 Å². The van der Waals surface area contributed by atoms with E-state index in [4.69, 9.17) is 4.74 Å². The Kier molecular flexibility index (Phi) is 7.35. The lowest BCUT2D eigenvalue weighted by Crippen LogP contribution is -2.23. The standard InChI is InChI=1S/C19H21NO4S/c1-14(25-13-18(21)23-2)19(22)20-16-8-10-17(11-9-16)24-12-15-6-4-3-5-7-15/h3-11,14H,12-13H2,1-2H3,(H,20,22). The van der Waals surface area contributed by atoms with Gasteiger partial charge in [0.25, 0.3) is 0 Å². The number of ether oxygens (including phenoxy) is 2. The Labute approximate surface area is 151 Å². The molecular formula is C19H21NO4S. The van der Waals surface area contributed by atoms with Crippen molar-refractivity contribution in [2.45, 2.75) is 18.8 Å². The summed E-state index contributed by atoms with van der Waals surface area (Å²) >= 11 is 1.23. The highest BCUT2D eigenvalue weighted by Gasteiger charge is 2.15. The number of methoxy groups -OCH3 is 1. The molecular weight excluding hydrogens is 338 g/mol. The predicted molar refractivity (Wildman–Crippen MR) is 99.8 cm³/mol. The molecule has 0 fully saturated rings. The van der Waals surface area contributed by atoms with Crippen molar-refractivity contribution in [1.29, 1.82) is 0 Å². The number of hydrogen-bond donors (Lipinski definition) is 1. The number of rotatable bonds is 8. The van der Waals surface area contributed by atoms with Crippen LogP contribution in [0.15, 0.2) is 54.6 Å². The molecule has 0 bridgehead atoms. The Balaban J connectivity index is 1.81. The van der Waals surface area contributed by atoms with Gasteiger partial charge in [-0.25, -0.2) is 0 Å². The van der Waals surface area contributed by atoms with Crippen molar-refractivity contribution in [3.05, 3.63) is 60.2 Å². The summed E-state index contributed by atoms with van der Waals surface area (Å²) < 4.78 is 10.3. The van der Waals surface area contributed by atoms with Gasteiger partial charge < -0.3 is 14.8 Å². The zero-order valence-electron chi connectivity index (χ0n) is 14.2. The molecule has 0 heterocycles. The third-order valence-electron chi connectivity index (χ3n) is 3.42. The molecule has 1 N–H and O–H groups in total. The Morgan fingerprint density at radius 3 is 2.40 bits per heavy atom. The molecule has 2 aromatic rings. The maximum atomic E-state index is 12.1. The maximum Gasteiger partial charge on any atom is 0.315 e. The van der Waals surface area contributed by atoms with Crippen LogP contribution in [0.1, 0.15) is 12.5 Å². The van der Waals surface area contributed by atoms with Gasteiger partial charge in [-0.2, -0.15) is 0 Å². The lowest BCUT2D eigenvalue weighted by molar-refractivity contribution is -0.137. The molecule has 25 heavy (non-hydrogen) atoms. The minimum atomic E-state index is -0.354. The van der Waals surface area contributed by atoms with Crippen molar-refractivity contribution >= 4 is 29.3 Å². The number of carbonyl (C=O) groups excluding carboxylic acids is 2. The molecule has 0 saturated heterocycles. The fourth-order valence-electron chi connectivity index (χ4n) is 1.95. The normalized spacial score (nSPS) is 11.4. The van der Waals surface area contributed by atoms with Crippen molar-refractivity contribution in [1.82, 2.24) is 0 Å². The Hall–Kier alpha value is -2.47. The molecule has 1 amide bonds. The molecule has 132 valence electrons. The fourth-order valence-corrected chi connectivity index (χ4v) is 2.66. The third-order valence-corrected chi connectivity index (χ3v) is 4.53. The molecule has 0 spiro atoms. The van der Waals surface area contributed by atoms with E-state index < -0.39 is 0 Å². The molecule has 2 aromatic carbocycles. The van der Waals surface area contributed by atoms with E-state index in [9.17, 15) is 9.59 Å². The second-order valence-corrected chi connectivity index (χ2v) is 6.65. The molecule has 2 rings (SSSR count). The molecule has 0 radical (unpaired) electrons. The first-order valence-electron chi connectivity index (χ1n) is 7.84. The van der Waals surface area contributed by atoms with Gasteiger partial charge in [-0.1, -0.05) is 30.3 Å². The molecule has 0 aliphatic heterocycles. The number of nitrogens with one attached hydrogen (secondary N) is 1. The first-order chi connectivity index (χ1) is 12.1. The lowest BCUT2D eigenvalue weighted by Gasteiger charge is -2.12. The number of esters is 1. The summed E-state index contributed by atoms with van der Waals surface area (Å²) in [5.41, 5.74) is 1.78. The first kappa shape index (κ1) is 18.9. The number of amides is 1. The third kappa shape index (κ3) is 6.51. The molecule has 0 saturated carbocycles. The molecule has 1 atom stereocenters. The summed E-state index contributed by atoms with van der Waals surface area (Å²) in [5, 5.41) is 2.46. The minimum absolute atomic E-state index is 0.150. The number of anilines is 1. The Bertz CT molecular complexity index is 688. The highest BCUT2D eigenvalue weighted by atomic mass is 32.2. The van der Waals surface area contributed by atoms with Crippen LogP contribution in [0.4, 0.5) is 5.69 Å². The van der Waals surface area contributed by atoms with Crippen molar-refractivity contribution in [3.8, 4) is 5.75 Å². The summed E-state index contributed by atoms with van der Waals surface area (Å²) in [6.07, 6.45) is 0. The predicted octanol–water partition coefficient (Wildman–Crippen LogP) is 3.50. The van der Waals surface area contributed by atoms with Gasteiger partial charge in [0.15, 0.2) is 0 Å². The Morgan fingerprint density at radius 2 is 1.76 bits per heavy atom. The van der Waals surface area contributed by atoms with Gasteiger partial charge in [0.1, 0.15) is 12.4 Å². The van der Waals surface area contributed by atoms with Crippen molar-refractivity contribution in [3.63, 3.8) is 0 Å². The van der Waals surface area contributed by atoms with E-state index in [1.165, 1.54) is 18.9 Å². The minimum Gasteiger partial charge on any atom is -0.489 e. The van der Waals surface area contributed by atoms with Gasteiger partial charge in [0, 0.05) is 5.69 Å². The van der Waals surface area contributed by atoms with E-state index in [0.29, 0.717) is 12.3 Å². The van der Waals surface area contributed by atoms with Crippen LogP contribution in [0.3, 0.4) is 0 Å². The van der Waals surface area contributed by atoms with E-state index in [1.807, 2.05) is 42.5 Å². The largest absolute Gasteiger partial charge is 0.489 e. The second-order valence-electron chi connectivity index (χ2n) is 5.32. The monoisotopic (exact) mass is 359 g/mol. The van der Waals surface area contributed by atoms with E-state index in [-0.39, 0.29) is 22.9 Å². The smallest absolute Gasteiger partial charge is 0.315 e. The SMILES string of the molecule is COC(=O)CSC(C)C(=O)Nc1ccc(OCc2ccccc2)cc1.